The van der Waals surface area contributed by atoms with Crippen molar-refractivity contribution in [2.75, 3.05) is 6.54 Å². The van der Waals surface area contributed by atoms with Gasteiger partial charge < -0.3 is 9.84 Å². The van der Waals surface area contributed by atoms with Crippen molar-refractivity contribution in [2.24, 2.45) is 5.11 Å². The number of unbranched alkanes of at least 4 members (excludes halogenated alkanes) is 3. The number of nitrogens with one attached hydrogen (secondary N) is 2. The molecule has 0 aliphatic heterocycles. The maximum absolute atomic E-state index is 12.1. The third-order valence-electron chi connectivity index (χ3n) is 3.80. The first-order valence-electron chi connectivity index (χ1n) is 8.47. The first kappa shape index (κ1) is 20.0. The van der Waals surface area contributed by atoms with Crippen molar-refractivity contribution in [3.8, 4) is 11.3 Å². The van der Waals surface area contributed by atoms with E-state index in [0.29, 0.717) is 30.0 Å². The molecule has 0 radical (unpaired) electrons. The molecule has 2 aromatic rings. The summed E-state index contributed by atoms with van der Waals surface area (Å²) in [7, 11) is 0. The topological polar surface area (TPSA) is 153 Å². The molecule has 1 aromatic heterocycles. The minimum absolute atomic E-state index is 0.184. The van der Waals surface area contributed by atoms with Crippen LogP contribution in [0.5, 0.6) is 0 Å². The Bertz CT molecular complexity index is 811. The molecule has 2 rings (SSSR count). The summed E-state index contributed by atoms with van der Waals surface area (Å²) >= 11 is 0. The summed E-state index contributed by atoms with van der Waals surface area (Å²) in [6, 6.07) is 8.25. The van der Waals surface area contributed by atoms with Crippen LogP contribution in [0.2, 0.25) is 0 Å². The van der Waals surface area contributed by atoms with Crippen LogP contribution in [0, 0.1) is 0 Å². The number of carbonyl (C=O) groups is 2. The van der Waals surface area contributed by atoms with Gasteiger partial charge in [-0.15, -0.1) is 0 Å². The molecule has 10 heteroatoms. The molecule has 3 N–H and O–H groups in total. The van der Waals surface area contributed by atoms with Gasteiger partial charge >= 0.3 is 0 Å². The summed E-state index contributed by atoms with van der Waals surface area (Å²) in [5.41, 5.74) is 11.4. The van der Waals surface area contributed by atoms with Crippen LogP contribution in [0.15, 0.2) is 40.0 Å². The number of carbonyl (C=O) groups excluding carboxylic acids is 2. The van der Waals surface area contributed by atoms with Gasteiger partial charge in [0.1, 0.15) is 0 Å². The maximum Gasteiger partial charge on any atom is 0.273 e. The van der Waals surface area contributed by atoms with Crippen molar-refractivity contribution in [3.63, 3.8) is 0 Å². The van der Waals surface area contributed by atoms with Crippen LogP contribution >= 0.6 is 0 Å². The van der Waals surface area contributed by atoms with Crippen molar-refractivity contribution in [1.82, 2.24) is 16.0 Å². The van der Waals surface area contributed by atoms with E-state index in [-0.39, 0.29) is 18.0 Å². The molecular weight excluding hydrogens is 352 g/mol. The van der Waals surface area contributed by atoms with Crippen LogP contribution in [-0.2, 0) is 4.79 Å². The Morgan fingerprint density at radius 2 is 1.93 bits per heavy atom. The highest BCUT2D eigenvalue weighted by Gasteiger charge is 2.13. The SMILES string of the molecule is [N-]=[N+]=Nc1ccc(-c2cc(C(=O)NCCCCCCC(=O)NO)no2)cc1. The van der Waals surface area contributed by atoms with E-state index in [1.54, 1.807) is 35.8 Å². The number of hydrogen-bond acceptors (Lipinski definition) is 6. The Hall–Kier alpha value is -3.36. The van der Waals surface area contributed by atoms with E-state index >= 15 is 0 Å². The summed E-state index contributed by atoms with van der Waals surface area (Å²) in [5, 5.41) is 18.4. The lowest BCUT2D eigenvalue weighted by molar-refractivity contribution is -0.129. The average molecular weight is 372 g/mol. The number of azide groups is 1. The molecule has 0 saturated heterocycles. The summed E-state index contributed by atoms with van der Waals surface area (Å²) in [6.45, 7) is 0.494. The molecule has 2 amide bonds. The Labute approximate surface area is 155 Å². The Morgan fingerprint density at radius 3 is 2.63 bits per heavy atom. The standard InChI is InChI=1S/C17H20N6O4/c18-23-20-13-8-6-12(7-9-13)15-11-14(22-27-15)17(25)19-10-4-2-1-3-5-16(24)21-26/h6-9,11,26H,1-5,10H2,(H,19,25)(H,21,24). The van der Waals surface area contributed by atoms with E-state index in [1.165, 1.54) is 0 Å². The zero-order valence-corrected chi connectivity index (χ0v) is 14.6. The van der Waals surface area contributed by atoms with Crippen LogP contribution in [0.4, 0.5) is 5.69 Å². The van der Waals surface area contributed by atoms with Crippen molar-refractivity contribution in [1.29, 1.82) is 0 Å². The number of nitrogens with zero attached hydrogens (tertiary/aromatic N) is 4. The van der Waals surface area contributed by atoms with Crippen LogP contribution in [0.3, 0.4) is 0 Å². The highest BCUT2D eigenvalue weighted by molar-refractivity contribution is 5.93. The zero-order valence-electron chi connectivity index (χ0n) is 14.6. The lowest BCUT2D eigenvalue weighted by atomic mass is 10.1. The average Bonchev–Trinajstić information content (AvgIpc) is 3.18. The molecule has 0 unspecified atom stereocenters. The molecule has 10 nitrogen and oxygen atoms in total. The molecule has 0 aliphatic rings. The highest BCUT2D eigenvalue weighted by Crippen LogP contribution is 2.23. The molecule has 27 heavy (non-hydrogen) atoms. The summed E-state index contributed by atoms with van der Waals surface area (Å²) in [5.74, 6) is -0.275. The van der Waals surface area contributed by atoms with Crippen LogP contribution in [-0.4, -0.2) is 28.7 Å². The number of benzene rings is 1. The molecule has 0 aliphatic carbocycles. The Balaban J connectivity index is 1.74. The fourth-order valence-corrected chi connectivity index (χ4v) is 2.37. The second-order valence-corrected chi connectivity index (χ2v) is 5.77. The van der Waals surface area contributed by atoms with E-state index < -0.39 is 5.91 Å². The number of rotatable bonds is 10. The molecule has 1 heterocycles. The van der Waals surface area contributed by atoms with E-state index in [0.717, 1.165) is 19.3 Å². The molecule has 0 spiro atoms. The Kier molecular flexibility index (Phi) is 7.83. The highest BCUT2D eigenvalue weighted by atomic mass is 16.5. The van der Waals surface area contributed by atoms with Crippen molar-refractivity contribution < 1.29 is 19.3 Å². The molecule has 142 valence electrons. The summed E-state index contributed by atoms with van der Waals surface area (Å²) in [4.78, 5) is 25.6. The number of hydroxylamine groups is 1. The quantitative estimate of drug-likeness (QED) is 0.145. The van der Waals surface area contributed by atoms with Gasteiger partial charge in [-0.05, 0) is 18.4 Å². The largest absolute Gasteiger partial charge is 0.355 e. The van der Waals surface area contributed by atoms with Gasteiger partial charge in [-0.2, -0.15) is 0 Å². The third kappa shape index (κ3) is 6.46. The number of amides is 2. The van der Waals surface area contributed by atoms with Gasteiger partial charge in [0.15, 0.2) is 11.5 Å². The van der Waals surface area contributed by atoms with Crippen LogP contribution in [0.1, 0.15) is 42.6 Å². The molecule has 0 bridgehead atoms. The first-order valence-corrected chi connectivity index (χ1v) is 8.47. The minimum Gasteiger partial charge on any atom is -0.355 e. The van der Waals surface area contributed by atoms with E-state index in [2.05, 4.69) is 20.5 Å². The van der Waals surface area contributed by atoms with Gasteiger partial charge in [0.2, 0.25) is 5.91 Å². The monoisotopic (exact) mass is 372 g/mol. The molecule has 0 saturated carbocycles. The van der Waals surface area contributed by atoms with Crippen LogP contribution < -0.4 is 10.8 Å². The van der Waals surface area contributed by atoms with Gasteiger partial charge in [0, 0.05) is 35.2 Å². The van der Waals surface area contributed by atoms with Gasteiger partial charge in [-0.25, -0.2) is 5.48 Å². The molecule has 1 aromatic carbocycles. The van der Waals surface area contributed by atoms with Crippen molar-refractivity contribution in [2.45, 2.75) is 32.1 Å². The summed E-state index contributed by atoms with van der Waals surface area (Å²) < 4.78 is 5.19. The molecule has 0 atom stereocenters. The number of aromatic nitrogens is 1. The van der Waals surface area contributed by atoms with E-state index in [4.69, 9.17) is 15.3 Å². The number of hydrogen-bond donors (Lipinski definition) is 3. The van der Waals surface area contributed by atoms with Gasteiger partial charge in [0.05, 0.1) is 0 Å². The maximum atomic E-state index is 12.1. The normalized spacial score (nSPS) is 10.1. The lowest BCUT2D eigenvalue weighted by Crippen LogP contribution is -2.24. The van der Waals surface area contributed by atoms with E-state index in [1.807, 2.05) is 0 Å². The third-order valence-corrected chi connectivity index (χ3v) is 3.80. The smallest absolute Gasteiger partial charge is 0.273 e. The van der Waals surface area contributed by atoms with E-state index in [9.17, 15) is 9.59 Å². The van der Waals surface area contributed by atoms with Crippen LogP contribution in [0.25, 0.3) is 21.8 Å². The predicted molar refractivity (Wildman–Crippen MR) is 96.1 cm³/mol. The van der Waals surface area contributed by atoms with Crippen molar-refractivity contribution in [3.05, 3.63) is 46.5 Å². The predicted octanol–water partition coefficient (Wildman–Crippen LogP) is 3.47. The molecule has 0 fully saturated rings. The Morgan fingerprint density at radius 1 is 1.19 bits per heavy atom. The minimum atomic E-state index is -0.391. The second-order valence-electron chi connectivity index (χ2n) is 5.77. The summed E-state index contributed by atoms with van der Waals surface area (Å²) in [6.07, 6.45) is 3.45. The van der Waals surface area contributed by atoms with Crippen molar-refractivity contribution >= 4 is 17.5 Å². The first-order chi connectivity index (χ1) is 13.1. The zero-order chi connectivity index (χ0) is 19.5. The fourth-order valence-electron chi connectivity index (χ4n) is 2.37. The fraction of sp³-hybridized carbons (Fsp3) is 0.353. The second kappa shape index (κ2) is 10.6. The van der Waals surface area contributed by atoms with Gasteiger partial charge in [-0.1, -0.05) is 47.4 Å². The lowest BCUT2D eigenvalue weighted by Gasteiger charge is -2.03. The molecular formula is C17H20N6O4. The van der Waals surface area contributed by atoms with Gasteiger partial charge in [0.25, 0.3) is 5.91 Å². The van der Waals surface area contributed by atoms with Gasteiger partial charge in [-0.3, -0.25) is 14.8 Å².